The van der Waals surface area contributed by atoms with Gasteiger partial charge in [0.25, 0.3) is 0 Å². The quantitative estimate of drug-likeness (QED) is 0.257. The number of nitrogens with one attached hydrogen (secondary N) is 2. The van der Waals surface area contributed by atoms with Gasteiger partial charge in [0.15, 0.2) is 0 Å². The first-order valence-corrected chi connectivity index (χ1v) is 11.1. The molecule has 0 aliphatic carbocycles. The lowest BCUT2D eigenvalue weighted by atomic mass is 10.1. The summed E-state index contributed by atoms with van der Waals surface area (Å²) in [5.41, 5.74) is 1.18. The molecule has 11 heteroatoms. The molecule has 2 amide bonds. The molecule has 0 radical (unpaired) electrons. The van der Waals surface area contributed by atoms with E-state index in [1.807, 2.05) is 24.3 Å². The van der Waals surface area contributed by atoms with E-state index in [-0.39, 0.29) is 17.0 Å². The summed E-state index contributed by atoms with van der Waals surface area (Å²) in [6.07, 6.45) is 1.50. The number of benzene rings is 3. The van der Waals surface area contributed by atoms with Crippen LogP contribution in [0, 0.1) is 0 Å². The molecule has 180 valence electrons. The minimum atomic E-state index is -0.522. The van der Waals surface area contributed by atoms with Crippen LogP contribution in [0.25, 0.3) is 16.5 Å². The molecule has 0 saturated carbocycles. The van der Waals surface area contributed by atoms with E-state index in [9.17, 15) is 9.90 Å². The maximum Gasteiger partial charge on any atom is 0.324 e. The molecule has 5 rings (SSSR count). The number of methoxy groups -OCH3 is 1. The van der Waals surface area contributed by atoms with Crippen molar-refractivity contribution in [1.82, 2.24) is 19.7 Å². The zero-order chi connectivity index (χ0) is 25.1. The molecule has 0 fully saturated rings. The Kier molecular flexibility index (Phi) is 6.25. The summed E-state index contributed by atoms with van der Waals surface area (Å²) in [6.45, 7) is 0. The lowest BCUT2D eigenvalue weighted by molar-refractivity contribution is 0.262. The van der Waals surface area contributed by atoms with E-state index in [4.69, 9.17) is 21.1 Å². The zero-order valence-corrected chi connectivity index (χ0v) is 19.6. The number of anilines is 2. The SMILES string of the molecule is COc1ccc(-n2nc(O)cc2NC(=O)Nc2ccc(Oc3ccnc(Cl)n3)c3ccccc23)cc1. The van der Waals surface area contributed by atoms with Crippen molar-refractivity contribution in [3.05, 3.63) is 84.3 Å². The van der Waals surface area contributed by atoms with Gasteiger partial charge in [-0.2, -0.15) is 4.98 Å². The van der Waals surface area contributed by atoms with Gasteiger partial charge in [-0.05, 0) is 48.0 Å². The third kappa shape index (κ3) is 4.84. The number of hydrogen-bond acceptors (Lipinski definition) is 7. The Balaban J connectivity index is 1.39. The minimum Gasteiger partial charge on any atom is -0.497 e. The summed E-state index contributed by atoms with van der Waals surface area (Å²) in [5.74, 6) is 1.54. The number of amides is 2. The van der Waals surface area contributed by atoms with E-state index in [1.165, 1.54) is 16.9 Å². The first-order chi connectivity index (χ1) is 17.5. The van der Waals surface area contributed by atoms with Crippen molar-refractivity contribution < 1.29 is 19.4 Å². The minimum absolute atomic E-state index is 0.0756. The fourth-order valence-electron chi connectivity index (χ4n) is 3.61. The van der Waals surface area contributed by atoms with Gasteiger partial charge in [-0.25, -0.2) is 14.5 Å². The number of ether oxygens (including phenoxy) is 2. The molecule has 3 aromatic carbocycles. The van der Waals surface area contributed by atoms with Gasteiger partial charge < -0.3 is 19.9 Å². The van der Waals surface area contributed by atoms with Gasteiger partial charge in [0, 0.05) is 29.1 Å². The summed E-state index contributed by atoms with van der Waals surface area (Å²) in [4.78, 5) is 20.8. The molecule has 5 aromatic rings. The van der Waals surface area contributed by atoms with Gasteiger partial charge in [0.05, 0.1) is 18.5 Å². The number of fused-ring (bicyclic) bond motifs is 1. The first kappa shape index (κ1) is 22.9. The second kappa shape index (κ2) is 9.80. The zero-order valence-electron chi connectivity index (χ0n) is 18.8. The maximum atomic E-state index is 12.9. The number of urea groups is 1. The average Bonchev–Trinajstić information content (AvgIpc) is 3.25. The van der Waals surface area contributed by atoms with Crippen LogP contribution in [-0.2, 0) is 0 Å². The van der Waals surface area contributed by atoms with Gasteiger partial charge in [0.1, 0.15) is 17.3 Å². The van der Waals surface area contributed by atoms with Crippen molar-refractivity contribution in [2.75, 3.05) is 17.7 Å². The average molecular weight is 503 g/mol. The van der Waals surface area contributed by atoms with Crippen LogP contribution < -0.4 is 20.1 Å². The molecule has 10 nitrogen and oxygen atoms in total. The van der Waals surface area contributed by atoms with Crippen molar-refractivity contribution in [1.29, 1.82) is 0 Å². The second-order valence-electron chi connectivity index (χ2n) is 7.50. The first-order valence-electron chi connectivity index (χ1n) is 10.7. The van der Waals surface area contributed by atoms with Crippen LogP contribution in [-0.4, -0.2) is 38.0 Å². The smallest absolute Gasteiger partial charge is 0.324 e. The molecule has 0 atom stereocenters. The Morgan fingerprint density at radius 2 is 1.78 bits per heavy atom. The van der Waals surface area contributed by atoms with Gasteiger partial charge >= 0.3 is 6.03 Å². The summed E-state index contributed by atoms with van der Waals surface area (Å²) in [5, 5.41) is 21.2. The van der Waals surface area contributed by atoms with E-state index < -0.39 is 6.03 Å². The highest BCUT2D eigenvalue weighted by Gasteiger charge is 2.15. The largest absolute Gasteiger partial charge is 0.497 e. The summed E-state index contributed by atoms with van der Waals surface area (Å²) in [7, 11) is 1.57. The number of carbonyl (C=O) groups is 1. The molecule has 0 unspecified atom stereocenters. The van der Waals surface area contributed by atoms with Gasteiger partial charge in [-0.1, -0.05) is 24.3 Å². The summed E-state index contributed by atoms with van der Waals surface area (Å²) < 4.78 is 12.5. The van der Waals surface area contributed by atoms with Crippen molar-refractivity contribution in [3.63, 3.8) is 0 Å². The molecular formula is C25H19ClN6O4. The molecule has 2 aromatic heterocycles. The summed E-state index contributed by atoms with van der Waals surface area (Å²) in [6, 6.07) is 20.3. The monoisotopic (exact) mass is 502 g/mol. The maximum absolute atomic E-state index is 12.9. The number of hydrogen-bond donors (Lipinski definition) is 3. The highest BCUT2D eigenvalue weighted by Crippen LogP contribution is 2.34. The highest BCUT2D eigenvalue weighted by atomic mass is 35.5. The predicted octanol–water partition coefficient (Wildman–Crippen LogP) is 5.62. The molecular weight excluding hydrogens is 484 g/mol. The fraction of sp³-hybridized carbons (Fsp3) is 0.0400. The van der Waals surface area contributed by atoms with Crippen molar-refractivity contribution in [2.24, 2.45) is 0 Å². The van der Waals surface area contributed by atoms with Crippen LogP contribution in [0.1, 0.15) is 0 Å². The lowest BCUT2D eigenvalue weighted by Crippen LogP contribution is -2.21. The predicted molar refractivity (Wildman–Crippen MR) is 135 cm³/mol. The van der Waals surface area contributed by atoms with Crippen LogP contribution in [0.4, 0.5) is 16.3 Å². The Morgan fingerprint density at radius 1 is 1.00 bits per heavy atom. The van der Waals surface area contributed by atoms with Crippen LogP contribution in [0.3, 0.4) is 0 Å². The van der Waals surface area contributed by atoms with E-state index in [1.54, 1.807) is 49.6 Å². The molecule has 0 spiro atoms. The molecule has 0 aliphatic rings. The van der Waals surface area contributed by atoms with Crippen molar-refractivity contribution >= 4 is 39.9 Å². The normalized spacial score (nSPS) is 10.7. The van der Waals surface area contributed by atoms with Gasteiger partial charge in [0.2, 0.25) is 17.0 Å². The van der Waals surface area contributed by atoms with E-state index in [2.05, 4.69) is 25.7 Å². The Hall–Kier alpha value is -4.83. The molecule has 0 saturated heterocycles. The van der Waals surface area contributed by atoms with E-state index in [0.717, 1.165) is 10.8 Å². The molecule has 2 heterocycles. The van der Waals surface area contributed by atoms with Crippen LogP contribution >= 0.6 is 11.6 Å². The molecule has 0 aliphatic heterocycles. The van der Waals surface area contributed by atoms with Gasteiger partial charge in [-0.15, -0.1) is 5.10 Å². The van der Waals surface area contributed by atoms with E-state index in [0.29, 0.717) is 28.8 Å². The number of aromatic nitrogens is 4. The Labute approximate surface area is 210 Å². The number of rotatable bonds is 6. The number of carbonyl (C=O) groups excluding carboxylic acids is 1. The molecule has 36 heavy (non-hydrogen) atoms. The Morgan fingerprint density at radius 3 is 2.53 bits per heavy atom. The standard InChI is InChI=1S/C25H19ClN6O4/c1-35-16-8-6-15(7-9-16)32-21(14-22(33)31-32)29-25(34)28-19-10-11-20(18-5-3-2-4-17(18)19)36-23-12-13-27-24(26)30-23/h2-14H,1H3,(H,31,33)(H2,28,29,34). The number of aromatic hydroxyl groups is 1. The number of halogens is 1. The van der Waals surface area contributed by atoms with Gasteiger partial charge in [-0.3, -0.25) is 5.32 Å². The third-order valence-corrected chi connectivity index (χ3v) is 5.38. The van der Waals surface area contributed by atoms with Crippen LogP contribution in [0.15, 0.2) is 79.0 Å². The fourth-order valence-corrected chi connectivity index (χ4v) is 3.75. The molecule has 3 N–H and O–H groups in total. The van der Waals surface area contributed by atoms with Crippen LogP contribution in [0.5, 0.6) is 23.3 Å². The summed E-state index contributed by atoms with van der Waals surface area (Å²) >= 11 is 5.86. The van der Waals surface area contributed by atoms with Crippen molar-refractivity contribution in [2.45, 2.75) is 0 Å². The van der Waals surface area contributed by atoms with Crippen LogP contribution in [0.2, 0.25) is 5.28 Å². The Bertz CT molecular complexity index is 1550. The third-order valence-electron chi connectivity index (χ3n) is 5.20. The second-order valence-corrected chi connectivity index (χ2v) is 7.84. The molecule has 0 bridgehead atoms. The highest BCUT2D eigenvalue weighted by molar-refractivity contribution is 6.28. The number of nitrogens with zero attached hydrogens (tertiary/aromatic N) is 4. The topological polar surface area (TPSA) is 123 Å². The van der Waals surface area contributed by atoms with Crippen molar-refractivity contribution in [3.8, 4) is 28.9 Å². The lowest BCUT2D eigenvalue weighted by Gasteiger charge is -2.14. The van der Waals surface area contributed by atoms with E-state index >= 15 is 0 Å².